The summed E-state index contributed by atoms with van der Waals surface area (Å²) in [5.41, 5.74) is -5.30. The van der Waals surface area contributed by atoms with E-state index < -0.39 is 39.1 Å². The lowest BCUT2D eigenvalue weighted by Gasteiger charge is -2.18. The predicted octanol–water partition coefficient (Wildman–Crippen LogP) is 1.82. The average Bonchev–Trinajstić information content (AvgIpc) is 2.15. The summed E-state index contributed by atoms with van der Waals surface area (Å²) in [7, 11) is -5.23. The lowest BCUT2D eigenvalue weighted by molar-refractivity contribution is -0.142. The second-order valence-corrected chi connectivity index (χ2v) is 5.85. The Hall–Kier alpha value is -1.05. The number of alkyl halides is 3. The number of esters is 1. The van der Waals surface area contributed by atoms with Crippen LogP contribution in [0.5, 0.6) is 0 Å². The molecule has 0 aliphatic heterocycles. The van der Waals surface area contributed by atoms with Crippen LogP contribution in [0.1, 0.15) is 20.3 Å². The van der Waals surface area contributed by atoms with Gasteiger partial charge >= 0.3 is 11.5 Å². The molecular weight excluding hydrogens is 261 g/mol. The highest BCUT2D eigenvalue weighted by Gasteiger charge is 2.49. The van der Waals surface area contributed by atoms with E-state index in [0.717, 1.165) is 13.0 Å². The molecule has 0 aliphatic rings. The van der Waals surface area contributed by atoms with Gasteiger partial charge in [0.15, 0.2) is 0 Å². The molecule has 8 heteroatoms. The number of hydrogen-bond donors (Lipinski definition) is 0. The second-order valence-electron chi connectivity index (χ2n) is 3.49. The molecule has 0 bridgehead atoms. The van der Waals surface area contributed by atoms with Gasteiger partial charge in [0.1, 0.15) is 6.10 Å². The van der Waals surface area contributed by atoms with Crippen molar-refractivity contribution < 1.29 is 31.1 Å². The zero-order chi connectivity index (χ0) is 13.9. The Labute approximate surface area is 97.4 Å². The molecule has 0 rings (SSSR count). The van der Waals surface area contributed by atoms with Gasteiger partial charge < -0.3 is 4.74 Å². The van der Waals surface area contributed by atoms with E-state index in [1.54, 1.807) is 0 Å². The largest absolute Gasteiger partial charge is 0.497 e. The Morgan fingerprint density at radius 1 is 1.41 bits per heavy atom. The molecule has 100 valence electrons. The molecule has 0 radical (unpaired) electrons. The minimum Gasteiger partial charge on any atom is -0.459 e. The summed E-state index contributed by atoms with van der Waals surface area (Å²) in [6.45, 7) is 5.34. The molecule has 2 atom stereocenters. The number of carbonyl (C=O) groups is 1. The van der Waals surface area contributed by atoms with Crippen molar-refractivity contribution in [2.75, 3.05) is 0 Å². The van der Waals surface area contributed by atoms with Gasteiger partial charge in [0.2, 0.25) is 0 Å². The molecule has 17 heavy (non-hydrogen) atoms. The molecule has 0 fully saturated rings. The average molecular weight is 274 g/mol. The van der Waals surface area contributed by atoms with Crippen LogP contribution in [0.15, 0.2) is 12.7 Å². The van der Waals surface area contributed by atoms with Crippen LogP contribution in [-0.2, 0) is 19.4 Å². The fourth-order valence-electron chi connectivity index (χ4n) is 1.12. The molecule has 0 spiro atoms. The molecule has 0 aromatic rings. The van der Waals surface area contributed by atoms with Crippen LogP contribution in [0.3, 0.4) is 0 Å². The van der Waals surface area contributed by atoms with E-state index in [1.807, 2.05) is 0 Å². The van der Waals surface area contributed by atoms with Gasteiger partial charge in [0, 0.05) is 12.5 Å². The number of ether oxygens (including phenoxy) is 1. The van der Waals surface area contributed by atoms with Crippen molar-refractivity contribution in [1.82, 2.24) is 0 Å². The smallest absolute Gasteiger partial charge is 0.459 e. The first-order chi connectivity index (χ1) is 7.52. The second kappa shape index (κ2) is 5.52. The Morgan fingerprint density at radius 3 is 2.24 bits per heavy atom. The Bertz CT molecular complexity index is 386. The SMILES string of the molecule is C=CC(=O)OC(C)CC(C)S(=O)(=O)C(F)(F)F. The Balaban J connectivity index is 4.61. The van der Waals surface area contributed by atoms with Crippen LogP contribution in [0, 0.1) is 0 Å². The fourth-order valence-corrected chi connectivity index (χ4v) is 2.10. The maximum Gasteiger partial charge on any atom is 0.497 e. The molecule has 0 heterocycles. The van der Waals surface area contributed by atoms with E-state index in [4.69, 9.17) is 0 Å². The first kappa shape index (κ1) is 16.0. The summed E-state index contributed by atoms with van der Waals surface area (Å²) >= 11 is 0. The molecule has 4 nitrogen and oxygen atoms in total. The molecule has 0 aromatic heterocycles. The van der Waals surface area contributed by atoms with Gasteiger partial charge in [-0.25, -0.2) is 13.2 Å². The zero-order valence-electron chi connectivity index (χ0n) is 9.32. The zero-order valence-corrected chi connectivity index (χ0v) is 10.1. The lowest BCUT2D eigenvalue weighted by Crippen LogP contribution is -2.35. The van der Waals surface area contributed by atoms with Crippen LogP contribution in [-0.4, -0.2) is 31.2 Å². The summed E-state index contributed by atoms with van der Waals surface area (Å²) in [5, 5.41) is -1.67. The van der Waals surface area contributed by atoms with E-state index in [-0.39, 0.29) is 0 Å². The van der Waals surface area contributed by atoms with Crippen LogP contribution >= 0.6 is 0 Å². The normalized spacial score (nSPS) is 16.1. The van der Waals surface area contributed by atoms with Gasteiger partial charge in [-0.05, 0) is 13.8 Å². The van der Waals surface area contributed by atoms with Gasteiger partial charge in [0.05, 0.1) is 5.25 Å². The first-order valence-corrected chi connectivity index (χ1v) is 6.20. The van der Waals surface area contributed by atoms with Gasteiger partial charge in [0.25, 0.3) is 9.84 Å². The molecule has 0 aliphatic carbocycles. The minimum absolute atomic E-state index is 0.429. The summed E-state index contributed by atoms with van der Waals surface area (Å²) in [5.74, 6) is -0.811. The van der Waals surface area contributed by atoms with Crippen molar-refractivity contribution in [1.29, 1.82) is 0 Å². The molecule has 0 saturated heterocycles. The van der Waals surface area contributed by atoms with Gasteiger partial charge in [-0.2, -0.15) is 13.2 Å². The van der Waals surface area contributed by atoms with Crippen molar-refractivity contribution >= 4 is 15.8 Å². The molecular formula is C9H13F3O4S. The summed E-state index contributed by atoms with van der Waals surface area (Å²) in [6.07, 6.45) is -0.520. The van der Waals surface area contributed by atoms with Crippen LogP contribution < -0.4 is 0 Å². The summed E-state index contributed by atoms with van der Waals surface area (Å²) < 4.78 is 63.0. The Kier molecular flexibility index (Phi) is 5.18. The number of rotatable bonds is 5. The van der Waals surface area contributed by atoms with Crippen LogP contribution in [0.25, 0.3) is 0 Å². The fraction of sp³-hybridized carbons (Fsp3) is 0.667. The van der Waals surface area contributed by atoms with Gasteiger partial charge in [-0.1, -0.05) is 6.58 Å². The monoisotopic (exact) mass is 274 g/mol. The van der Waals surface area contributed by atoms with E-state index in [2.05, 4.69) is 11.3 Å². The highest BCUT2D eigenvalue weighted by atomic mass is 32.2. The number of carbonyl (C=O) groups excluding carboxylic acids is 1. The van der Waals surface area contributed by atoms with Crippen molar-refractivity contribution in [2.45, 2.75) is 37.1 Å². The van der Waals surface area contributed by atoms with Crippen LogP contribution in [0.4, 0.5) is 13.2 Å². The van der Waals surface area contributed by atoms with Crippen LogP contribution in [0.2, 0.25) is 0 Å². The number of sulfone groups is 1. The lowest BCUT2D eigenvalue weighted by atomic mass is 10.2. The number of hydrogen-bond acceptors (Lipinski definition) is 4. The summed E-state index contributed by atoms with van der Waals surface area (Å²) in [6, 6.07) is 0. The molecule has 0 N–H and O–H groups in total. The van der Waals surface area contributed by atoms with Crippen molar-refractivity contribution in [2.24, 2.45) is 0 Å². The van der Waals surface area contributed by atoms with E-state index in [1.165, 1.54) is 6.92 Å². The maximum atomic E-state index is 12.2. The third kappa shape index (κ3) is 4.37. The van der Waals surface area contributed by atoms with E-state index in [9.17, 15) is 26.4 Å². The third-order valence-electron chi connectivity index (χ3n) is 2.00. The Morgan fingerprint density at radius 2 is 1.88 bits per heavy atom. The topological polar surface area (TPSA) is 60.4 Å². The summed E-state index contributed by atoms with van der Waals surface area (Å²) in [4.78, 5) is 10.7. The molecule has 0 saturated carbocycles. The third-order valence-corrected chi connectivity index (χ3v) is 3.90. The minimum atomic E-state index is -5.30. The quantitative estimate of drug-likeness (QED) is 0.566. The van der Waals surface area contributed by atoms with Gasteiger partial charge in [-0.3, -0.25) is 0 Å². The van der Waals surface area contributed by atoms with Crippen molar-refractivity contribution in [3.05, 3.63) is 12.7 Å². The van der Waals surface area contributed by atoms with E-state index in [0.29, 0.717) is 0 Å². The number of halogens is 3. The maximum absolute atomic E-state index is 12.2. The van der Waals surface area contributed by atoms with Crippen molar-refractivity contribution in [3.8, 4) is 0 Å². The van der Waals surface area contributed by atoms with Gasteiger partial charge in [-0.15, -0.1) is 0 Å². The molecule has 2 unspecified atom stereocenters. The van der Waals surface area contributed by atoms with Crippen molar-refractivity contribution in [3.63, 3.8) is 0 Å². The standard InChI is InChI=1S/C9H13F3O4S/c1-4-8(13)16-6(2)5-7(3)17(14,15)9(10,11)12/h4,6-7H,1,5H2,2-3H3. The first-order valence-electron chi connectivity index (χ1n) is 4.65. The highest BCUT2D eigenvalue weighted by molar-refractivity contribution is 7.92. The van der Waals surface area contributed by atoms with E-state index >= 15 is 0 Å². The highest BCUT2D eigenvalue weighted by Crippen LogP contribution is 2.29. The predicted molar refractivity (Wildman–Crippen MR) is 54.8 cm³/mol. The molecule has 0 amide bonds. The molecule has 0 aromatic carbocycles.